The van der Waals surface area contributed by atoms with E-state index in [1.165, 1.54) is 17.3 Å². The molecule has 0 amide bonds. The summed E-state index contributed by atoms with van der Waals surface area (Å²) < 4.78 is 20.4. The molecule has 5 rings (SSSR count). The summed E-state index contributed by atoms with van der Waals surface area (Å²) in [7, 11) is 1.65. The minimum atomic E-state index is -0.733. The van der Waals surface area contributed by atoms with Crippen LogP contribution in [0.3, 0.4) is 0 Å². The Morgan fingerprint density at radius 1 is 1.18 bits per heavy atom. The molecule has 3 aromatic heterocycles. The highest BCUT2D eigenvalue weighted by atomic mass is 16.7. The molecule has 0 bridgehead atoms. The highest BCUT2D eigenvalue weighted by Crippen LogP contribution is 2.38. The Labute approximate surface area is 192 Å². The Morgan fingerprint density at radius 3 is 2.91 bits per heavy atom. The second kappa shape index (κ2) is 8.70. The van der Waals surface area contributed by atoms with Gasteiger partial charge in [-0.1, -0.05) is 12.1 Å². The van der Waals surface area contributed by atoms with Crippen LogP contribution in [0.15, 0.2) is 55.2 Å². The summed E-state index contributed by atoms with van der Waals surface area (Å²) in [5.41, 5.74) is 8.05. The fourth-order valence-corrected chi connectivity index (χ4v) is 4.48. The largest absolute Gasteiger partial charge is 0.383 e. The zero-order chi connectivity index (χ0) is 23.0. The first-order valence-corrected chi connectivity index (χ1v) is 11.2. The van der Waals surface area contributed by atoms with Gasteiger partial charge in [0, 0.05) is 37.5 Å². The molecular formula is C25H29N5O3. The Bertz CT molecular complexity index is 1270. The van der Waals surface area contributed by atoms with Crippen molar-refractivity contribution in [3.05, 3.63) is 60.8 Å². The van der Waals surface area contributed by atoms with Crippen LogP contribution in [0.2, 0.25) is 0 Å². The second-order valence-electron chi connectivity index (χ2n) is 8.96. The van der Waals surface area contributed by atoms with Gasteiger partial charge in [-0.3, -0.25) is 4.98 Å². The SMILES string of the molecule is COC(C)(C)O[C@@H]1C[C@@H](CCc2ccc3ccncc3c2)O[C@H]1n1ccc2c(N)ncnc21. The summed E-state index contributed by atoms with van der Waals surface area (Å²) >= 11 is 0. The first-order valence-electron chi connectivity index (χ1n) is 11.2. The lowest BCUT2D eigenvalue weighted by molar-refractivity contribution is -0.237. The number of aryl methyl sites for hydroxylation is 1. The number of hydrogen-bond donors (Lipinski definition) is 1. The van der Waals surface area contributed by atoms with E-state index in [9.17, 15) is 0 Å². The van der Waals surface area contributed by atoms with Gasteiger partial charge in [-0.2, -0.15) is 0 Å². The number of nitrogens with zero attached hydrogens (tertiary/aromatic N) is 4. The minimum Gasteiger partial charge on any atom is -0.383 e. The van der Waals surface area contributed by atoms with E-state index >= 15 is 0 Å². The molecule has 33 heavy (non-hydrogen) atoms. The Morgan fingerprint density at radius 2 is 2.06 bits per heavy atom. The zero-order valence-corrected chi connectivity index (χ0v) is 19.1. The molecule has 172 valence electrons. The van der Waals surface area contributed by atoms with Gasteiger partial charge in [0.1, 0.15) is 23.9 Å². The van der Waals surface area contributed by atoms with Gasteiger partial charge in [-0.15, -0.1) is 0 Å². The van der Waals surface area contributed by atoms with Crippen LogP contribution < -0.4 is 5.73 Å². The third kappa shape index (κ3) is 4.42. The Kier molecular flexibility index (Phi) is 5.74. The standard InChI is InChI=1S/C25H29N5O3/c1-25(2,31-3)33-21-13-19(7-5-16-4-6-17-8-10-27-14-18(17)12-16)32-24(21)30-11-9-20-22(26)28-15-29-23(20)30/h4,6,8-12,14-15,19,21,24H,5,7,13H2,1-3H3,(H2,26,28,29)/t19-,21-,24-/m1/s1. The number of benzene rings is 1. The predicted molar refractivity (Wildman–Crippen MR) is 126 cm³/mol. The number of anilines is 1. The molecule has 4 aromatic rings. The number of methoxy groups -OCH3 is 1. The molecule has 4 heterocycles. The van der Waals surface area contributed by atoms with Gasteiger partial charge in [-0.05, 0) is 55.8 Å². The molecule has 0 radical (unpaired) electrons. The number of rotatable bonds is 7. The van der Waals surface area contributed by atoms with Crippen LogP contribution in [0.25, 0.3) is 21.8 Å². The van der Waals surface area contributed by atoms with Gasteiger partial charge < -0.3 is 24.5 Å². The lowest BCUT2D eigenvalue weighted by Gasteiger charge is -2.30. The van der Waals surface area contributed by atoms with Crippen molar-refractivity contribution in [2.75, 3.05) is 12.8 Å². The number of ether oxygens (including phenoxy) is 3. The average molecular weight is 448 g/mol. The third-order valence-corrected chi connectivity index (χ3v) is 6.35. The molecule has 1 aliphatic rings. The molecule has 1 saturated heterocycles. The van der Waals surface area contributed by atoms with Crippen molar-refractivity contribution >= 4 is 27.6 Å². The van der Waals surface area contributed by atoms with Gasteiger partial charge >= 0.3 is 0 Å². The molecule has 1 aromatic carbocycles. The van der Waals surface area contributed by atoms with Crippen molar-refractivity contribution in [2.45, 2.75) is 57.3 Å². The summed E-state index contributed by atoms with van der Waals surface area (Å²) in [6.45, 7) is 3.82. The summed E-state index contributed by atoms with van der Waals surface area (Å²) in [4.78, 5) is 12.8. The van der Waals surface area contributed by atoms with Gasteiger partial charge in [0.25, 0.3) is 0 Å². The zero-order valence-electron chi connectivity index (χ0n) is 19.1. The average Bonchev–Trinajstić information content (AvgIpc) is 3.42. The smallest absolute Gasteiger partial charge is 0.162 e. The molecular weight excluding hydrogens is 418 g/mol. The Hall–Kier alpha value is -3.07. The number of fused-ring (bicyclic) bond motifs is 2. The van der Waals surface area contributed by atoms with Crippen LogP contribution >= 0.6 is 0 Å². The first kappa shape index (κ1) is 21.8. The molecule has 0 saturated carbocycles. The predicted octanol–water partition coefficient (Wildman–Crippen LogP) is 4.25. The van der Waals surface area contributed by atoms with Crippen molar-refractivity contribution < 1.29 is 14.2 Å². The normalized spacial score (nSPS) is 21.2. The van der Waals surface area contributed by atoms with E-state index in [4.69, 9.17) is 19.9 Å². The third-order valence-electron chi connectivity index (χ3n) is 6.35. The minimum absolute atomic E-state index is 0.0360. The van der Waals surface area contributed by atoms with Crippen LogP contribution in [0.1, 0.15) is 38.5 Å². The van der Waals surface area contributed by atoms with Gasteiger partial charge in [0.15, 0.2) is 12.0 Å². The van der Waals surface area contributed by atoms with E-state index in [0.717, 1.165) is 35.7 Å². The van der Waals surface area contributed by atoms with Crippen LogP contribution in [0, 0.1) is 0 Å². The maximum absolute atomic E-state index is 6.53. The molecule has 8 heteroatoms. The number of nitrogen functional groups attached to an aromatic ring is 1. The summed E-state index contributed by atoms with van der Waals surface area (Å²) in [5.74, 6) is -0.280. The number of hydrogen-bond acceptors (Lipinski definition) is 7. The highest BCUT2D eigenvalue weighted by Gasteiger charge is 2.40. The van der Waals surface area contributed by atoms with E-state index in [-0.39, 0.29) is 18.4 Å². The number of pyridine rings is 1. The Balaban J connectivity index is 1.37. The summed E-state index contributed by atoms with van der Waals surface area (Å²) in [6.07, 6.45) is 9.19. The summed E-state index contributed by atoms with van der Waals surface area (Å²) in [5, 5.41) is 3.15. The molecule has 0 unspecified atom stereocenters. The van der Waals surface area contributed by atoms with Crippen LogP contribution in [-0.2, 0) is 20.6 Å². The van der Waals surface area contributed by atoms with E-state index in [1.807, 2.05) is 49.1 Å². The van der Waals surface area contributed by atoms with E-state index in [0.29, 0.717) is 5.82 Å². The molecule has 2 N–H and O–H groups in total. The van der Waals surface area contributed by atoms with Crippen molar-refractivity contribution in [3.8, 4) is 0 Å². The highest BCUT2D eigenvalue weighted by molar-refractivity contribution is 5.86. The van der Waals surface area contributed by atoms with E-state index in [2.05, 4.69) is 33.2 Å². The number of nitrogens with two attached hydrogens (primary N) is 1. The van der Waals surface area contributed by atoms with Gasteiger partial charge in [0.05, 0.1) is 11.5 Å². The molecule has 1 aliphatic heterocycles. The first-order chi connectivity index (χ1) is 15.9. The monoisotopic (exact) mass is 447 g/mol. The van der Waals surface area contributed by atoms with Crippen molar-refractivity contribution in [1.29, 1.82) is 0 Å². The van der Waals surface area contributed by atoms with Crippen LogP contribution in [0.4, 0.5) is 5.82 Å². The van der Waals surface area contributed by atoms with Gasteiger partial charge in [-0.25, -0.2) is 9.97 Å². The second-order valence-corrected chi connectivity index (χ2v) is 8.96. The lowest BCUT2D eigenvalue weighted by atomic mass is 10.0. The maximum atomic E-state index is 6.53. The lowest BCUT2D eigenvalue weighted by Crippen LogP contribution is -2.35. The topological polar surface area (TPSA) is 97.3 Å². The van der Waals surface area contributed by atoms with Crippen molar-refractivity contribution in [3.63, 3.8) is 0 Å². The molecule has 3 atom stereocenters. The van der Waals surface area contributed by atoms with E-state index < -0.39 is 5.79 Å². The maximum Gasteiger partial charge on any atom is 0.162 e. The number of aromatic nitrogens is 4. The van der Waals surface area contributed by atoms with Gasteiger partial charge in [0.2, 0.25) is 0 Å². The fourth-order valence-electron chi connectivity index (χ4n) is 4.48. The van der Waals surface area contributed by atoms with E-state index in [1.54, 1.807) is 7.11 Å². The van der Waals surface area contributed by atoms with Crippen molar-refractivity contribution in [1.82, 2.24) is 19.5 Å². The van der Waals surface area contributed by atoms with Crippen LogP contribution in [0.5, 0.6) is 0 Å². The molecule has 8 nitrogen and oxygen atoms in total. The summed E-state index contributed by atoms with van der Waals surface area (Å²) in [6, 6.07) is 10.5. The van der Waals surface area contributed by atoms with Crippen LogP contribution in [-0.4, -0.2) is 44.6 Å². The molecule has 0 aliphatic carbocycles. The van der Waals surface area contributed by atoms with Crippen molar-refractivity contribution in [2.24, 2.45) is 0 Å². The molecule has 1 fully saturated rings. The fraction of sp³-hybridized carbons (Fsp3) is 0.400. The quantitative estimate of drug-likeness (QED) is 0.423. The molecule has 0 spiro atoms.